The number of hydrogen-bond donors (Lipinski definition) is 0. The summed E-state index contributed by atoms with van der Waals surface area (Å²) in [5.74, 6) is 0. The molecule has 0 unspecified atom stereocenters. The Kier molecular flexibility index (Phi) is 3.77. The van der Waals surface area contributed by atoms with Crippen molar-refractivity contribution < 1.29 is 8.85 Å². The molecule has 0 aromatic carbocycles. The van der Waals surface area contributed by atoms with E-state index >= 15 is 0 Å². The Hall–Kier alpha value is 0.137. The van der Waals surface area contributed by atoms with Gasteiger partial charge < -0.3 is 8.85 Å². The second kappa shape index (κ2) is 4.79. The molecule has 2 fully saturated rings. The van der Waals surface area contributed by atoms with Crippen LogP contribution in [-0.2, 0) is 8.85 Å². The molecule has 16 heavy (non-hydrogen) atoms. The van der Waals surface area contributed by atoms with Crippen LogP contribution in [0, 0.1) is 0 Å². The molecule has 2 saturated carbocycles. The van der Waals surface area contributed by atoms with Crippen molar-refractivity contribution in [1.29, 1.82) is 0 Å². The first-order chi connectivity index (χ1) is 7.68. The maximum atomic E-state index is 6.07. The van der Waals surface area contributed by atoms with Crippen LogP contribution in [0.2, 0.25) is 10.6 Å². The van der Waals surface area contributed by atoms with E-state index < -0.39 is 8.56 Å². The van der Waals surface area contributed by atoms with E-state index in [1.807, 2.05) is 14.2 Å². The molecule has 0 aliphatic heterocycles. The highest BCUT2D eigenvalue weighted by Crippen LogP contribution is 2.59. The first-order valence-corrected chi connectivity index (χ1v) is 8.68. The molecular formula is C13H26O2Si. The second-order valence-electron chi connectivity index (χ2n) is 5.82. The van der Waals surface area contributed by atoms with Crippen molar-refractivity contribution >= 4 is 8.56 Å². The summed E-state index contributed by atoms with van der Waals surface area (Å²) in [5, 5.41) is 0.367. The molecule has 0 bridgehead atoms. The van der Waals surface area contributed by atoms with Crippen LogP contribution in [0.1, 0.15) is 58.3 Å². The van der Waals surface area contributed by atoms with Gasteiger partial charge in [0.15, 0.2) is 0 Å². The SMILES string of the molecule is CO[Si](OC)(C1CCCC1)C1(C)CCCC1. The lowest BCUT2D eigenvalue weighted by molar-refractivity contribution is 0.192. The van der Waals surface area contributed by atoms with Crippen molar-refractivity contribution in [1.82, 2.24) is 0 Å². The van der Waals surface area contributed by atoms with Gasteiger partial charge in [0.05, 0.1) is 0 Å². The van der Waals surface area contributed by atoms with E-state index in [-0.39, 0.29) is 0 Å². The monoisotopic (exact) mass is 242 g/mol. The normalized spacial score (nSPS) is 26.4. The second-order valence-corrected chi connectivity index (χ2v) is 10.00. The van der Waals surface area contributed by atoms with Gasteiger partial charge in [-0.05, 0) is 25.7 Å². The van der Waals surface area contributed by atoms with Crippen LogP contribution in [0.5, 0.6) is 0 Å². The zero-order chi connectivity index (χ0) is 11.6. The average molecular weight is 242 g/mol. The van der Waals surface area contributed by atoms with E-state index in [0.717, 1.165) is 5.54 Å². The molecule has 3 heteroatoms. The van der Waals surface area contributed by atoms with Crippen LogP contribution in [0.3, 0.4) is 0 Å². The Morgan fingerprint density at radius 1 is 0.938 bits per heavy atom. The topological polar surface area (TPSA) is 18.5 Å². The van der Waals surface area contributed by atoms with Gasteiger partial charge in [-0.1, -0.05) is 32.6 Å². The third-order valence-corrected chi connectivity index (χ3v) is 10.1. The Labute approximate surface area is 101 Å². The smallest absolute Gasteiger partial charge is 0.346 e. The minimum atomic E-state index is -2.00. The summed E-state index contributed by atoms with van der Waals surface area (Å²) in [5.41, 5.74) is 0.741. The predicted molar refractivity (Wildman–Crippen MR) is 68.8 cm³/mol. The quantitative estimate of drug-likeness (QED) is 0.694. The Bertz CT molecular complexity index is 226. The highest BCUT2D eigenvalue weighted by atomic mass is 28.4. The Morgan fingerprint density at radius 2 is 1.44 bits per heavy atom. The largest absolute Gasteiger partial charge is 0.397 e. The van der Waals surface area contributed by atoms with E-state index in [1.165, 1.54) is 51.4 Å². The van der Waals surface area contributed by atoms with Crippen molar-refractivity contribution in [2.45, 2.75) is 68.9 Å². The van der Waals surface area contributed by atoms with Crippen LogP contribution in [0.4, 0.5) is 0 Å². The average Bonchev–Trinajstić information content (AvgIpc) is 2.93. The van der Waals surface area contributed by atoms with Gasteiger partial charge in [-0.15, -0.1) is 0 Å². The van der Waals surface area contributed by atoms with Crippen LogP contribution in [-0.4, -0.2) is 22.8 Å². The summed E-state index contributed by atoms with van der Waals surface area (Å²) in [6.45, 7) is 2.43. The van der Waals surface area contributed by atoms with Gasteiger partial charge in [-0.2, -0.15) is 0 Å². The molecule has 2 aliphatic carbocycles. The van der Waals surface area contributed by atoms with Crippen LogP contribution in [0.15, 0.2) is 0 Å². The van der Waals surface area contributed by atoms with Crippen LogP contribution >= 0.6 is 0 Å². The molecule has 2 rings (SSSR count). The molecule has 0 amide bonds. The molecule has 0 aromatic heterocycles. The van der Waals surface area contributed by atoms with E-state index in [0.29, 0.717) is 5.04 Å². The number of rotatable bonds is 4. The van der Waals surface area contributed by atoms with Gasteiger partial charge in [0, 0.05) is 24.8 Å². The van der Waals surface area contributed by atoms with Gasteiger partial charge in [0.2, 0.25) is 0 Å². The summed E-state index contributed by atoms with van der Waals surface area (Å²) < 4.78 is 12.1. The Morgan fingerprint density at radius 3 is 1.88 bits per heavy atom. The lowest BCUT2D eigenvalue weighted by atomic mass is 10.1. The fourth-order valence-electron chi connectivity index (χ4n) is 4.21. The molecule has 0 radical (unpaired) electrons. The maximum Gasteiger partial charge on any atom is 0.346 e. The van der Waals surface area contributed by atoms with Crippen molar-refractivity contribution in [3.05, 3.63) is 0 Å². The molecule has 0 spiro atoms. The van der Waals surface area contributed by atoms with Gasteiger partial charge in [0.25, 0.3) is 0 Å². The van der Waals surface area contributed by atoms with Gasteiger partial charge in [-0.3, -0.25) is 0 Å². The lowest BCUT2D eigenvalue weighted by Crippen LogP contribution is -2.53. The molecule has 0 N–H and O–H groups in total. The summed E-state index contributed by atoms with van der Waals surface area (Å²) in [7, 11) is 1.80. The fourth-order valence-corrected chi connectivity index (χ4v) is 9.24. The third kappa shape index (κ3) is 1.77. The summed E-state index contributed by atoms with van der Waals surface area (Å²) in [6, 6.07) is 0. The molecule has 0 atom stereocenters. The van der Waals surface area contributed by atoms with Crippen molar-refractivity contribution in [2.24, 2.45) is 0 Å². The van der Waals surface area contributed by atoms with Crippen molar-refractivity contribution in [3.8, 4) is 0 Å². The van der Waals surface area contributed by atoms with Gasteiger partial charge >= 0.3 is 8.56 Å². The van der Waals surface area contributed by atoms with Crippen LogP contribution < -0.4 is 0 Å². The minimum Gasteiger partial charge on any atom is -0.397 e. The van der Waals surface area contributed by atoms with E-state index in [2.05, 4.69) is 6.92 Å². The fraction of sp³-hybridized carbons (Fsp3) is 1.00. The summed E-state index contributed by atoms with van der Waals surface area (Å²) in [4.78, 5) is 0. The lowest BCUT2D eigenvalue weighted by Gasteiger charge is -2.45. The van der Waals surface area contributed by atoms with E-state index in [1.54, 1.807) is 0 Å². The third-order valence-electron chi connectivity index (χ3n) is 5.05. The molecule has 94 valence electrons. The molecule has 0 saturated heterocycles. The zero-order valence-corrected chi connectivity index (χ0v) is 12.1. The molecule has 2 aliphatic rings. The van der Waals surface area contributed by atoms with E-state index in [4.69, 9.17) is 8.85 Å². The predicted octanol–water partition coefficient (Wildman–Crippen LogP) is 4.00. The highest BCUT2D eigenvalue weighted by Gasteiger charge is 2.59. The first kappa shape index (κ1) is 12.6. The standard InChI is InChI=1S/C13H26O2Si/c1-13(10-6-7-11-13)16(14-2,15-3)12-8-4-5-9-12/h12H,4-11H2,1-3H3. The van der Waals surface area contributed by atoms with Gasteiger partial charge in [-0.25, -0.2) is 0 Å². The summed E-state index contributed by atoms with van der Waals surface area (Å²) >= 11 is 0. The molecular weight excluding hydrogens is 216 g/mol. The first-order valence-electron chi connectivity index (χ1n) is 6.79. The van der Waals surface area contributed by atoms with Gasteiger partial charge in [0.1, 0.15) is 0 Å². The highest BCUT2D eigenvalue weighted by molar-refractivity contribution is 6.72. The number of hydrogen-bond acceptors (Lipinski definition) is 2. The molecule has 0 aromatic rings. The minimum absolute atomic E-state index is 0.367. The van der Waals surface area contributed by atoms with E-state index in [9.17, 15) is 0 Å². The molecule has 2 nitrogen and oxygen atoms in total. The Balaban J connectivity index is 2.25. The molecule has 0 heterocycles. The summed E-state index contributed by atoms with van der Waals surface area (Å²) in [6.07, 6.45) is 10.8. The maximum absolute atomic E-state index is 6.07. The van der Waals surface area contributed by atoms with Crippen LogP contribution in [0.25, 0.3) is 0 Å². The van der Waals surface area contributed by atoms with Crippen molar-refractivity contribution in [2.75, 3.05) is 14.2 Å². The van der Waals surface area contributed by atoms with Crippen molar-refractivity contribution in [3.63, 3.8) is 0 Å². The zero-order valence-electron chi connectivity index (χ0n) is 11.1.